The molecule has 180 valence electrons. The number of aryl methyl sites for hydroxylation is 2. The highest BCUT2D eigenvalue weighted by molar-refractivity contribution is 7.89. The number of aromatic nitrogens is 2. The molecule has 1 N–H and O–H groups in total. The van der Waals surface area contributed by atoms with Crippen LogP contribution in [0.1, 0.15) is 58.6 Å². The molecule has 1 atom stereocenters. The third-order valence-electron chi connectivity index (χ3n) is 6.61. The van der Waals surface area contributed by atoms with E-state index in [-0.39, 0.29) is 17.3 Å². The maximum atomic E-state index is 13.2. The van der Waals surface area contributed by atoms with Crippen molar-refractivity contribution in [3.63, 3.8) is 0 Å². The maximum Gasteiger partial charge on any atom is 0.341 e. The quantitative estimate of drug-likeness (QED) is 0.506. The Bertz CT molecular complexity index is 1170. The number of ether oxygens (including phenoxy) is 1. The number of nitrogens with zero attached hydrogens (tertiary/aromatic N) is 3. The molecule has 1 fully saturated rings. The van der Waals surface area contributed by atoms with Gasteiger partial charge < -0.3 is 10.1 Å². The number of carbonyl (C=O) groups is 2. The van der Waals surface area contributed by atoms with E-state index in [0.29, 0.717) is 35.6 Å². The minimum absolute atomic E-state index is 0.0984. The average molecular weight is 495 g/mol. The van der Waals surface area contributed by atoms with Crippen LogP contribution in [0.25, 0.3) is 0 Å². The molecule has 4 rings (SSSR count). The second-order valence-corrected chi connectivity index (χ2v) is 11.7. The number of piperidine rings is 1. The zero-order valence-electron chi connectivity index (χ0n) is 19.2. The molecule has 9 nitrogen and oxygen atoms in total. The largest absolute Gasteiger partial charge is 0.465 e. The van der Waals surface area contributed by atoms with Gasteiger partial charge in [-0.2, -0.15) is 9.40 Å². The van der Waals surface area contributed by atoms with Gasteiger partial charge in [0, 0.05) is 25.0 Å². The number of fused-ring (bicyclic) bond motifs is 1. The molecule has 2 aromatic rings. The number of anilines is 1. The van der Waals surface area contributed by atoms with E-state index in [4.69, 9.17) is 4.74 Å². The van der Waals surface area contributed by atoms with Gasteiger partial charge in [-0.05, 0) is 51.0 Å². The Morgan fingerprint density at radius 3 is 2.67 bits per heavy atom. The lowest BCUT2D eigenvalue weighted by atomic mass is 9.98. The highest BCUT2D eigenvalue weighted by Gasteiger charge is 2.36. The molecular formula is C22H30N4O5S2. The molecule has 1 aliphatic carbocycles. The SMILES string of the molecule is COC(=O)c1c(NC(=O)[C@@H]2CCCN(S(=O)(=O)c3cnn(C)c3C)C2)sc2c1CCCCC2. The van der Waals surface area contributed by atoms with Gasteiger partial charge >= 0.3 is 5.97 Å². The van der Waals surface area contributed by atoms with Crippen LogP contribution in [0, 0.1) is 12.8 Å². The Morgan fingerprint density at radius 1 is 1.21 bits per heavy atom. The first-order chi connectivity index (χ1) is 15.7. The molecule has 0 aromatic carbocycles. The maximum absolute atomic E-state index is 13.2. The molecule has 0 saturated carbocycles. The number of sulfonamides is 1. The molecule has 0 unspecified atom stereocenters. The first kappa shape index (κ1) is 23.9. The van der Waals surface area contributed by atoms with Gasteiger partial charge in [-0.3, -0.25) is 9.48 Å². The van der Waals surface area contributed by atoms with Gasteiger partial charge in [-0.1, -0.05) is 6.42 Å². The summed E-state index contributed by atoms with van der Waals surface area (Å²) in [6.45, 7) is 2.17. The molecule has 3 heterocycles. The first-order valence-corrected chi connectivity index (χ1v) is 13.5. The predicted octanol–water partition coefficient (Wildman–Crippen LogP) is 2.88. The summed E-state index contributed by atoms with van der Waals surface area (Å²) in [6.07, 6.45) is 7.40. The molecule has 2 aliphatic rings. The number of rotatable bonds is 5. The van der Waals surface area contributed by atoms with E-state index in [1.54, 1.807) is 14.0 Å². The van der Waals surface area contributed by atoms with Crippen molar-refractivity contribution in [3.8, 4) is 0 Å². The van der Waals surface area contributed by atoms with Crippen LogP contribution in [0.5, 0.6) is 0 Å². The number of amides is 1. The van der Waals surface area contributed by atoms with Gasteiger partial charge in [-0.15, -0.1) is 11.3 Å². The van der Waals surface area contributed by atoms with Crippen molar-refractivity contribution >= 4 is 38.2 Å². The molecule has 1 aliphatic heterocycles. The number of carbonyl (C=O) groups excluding carboxylic acids is 2. The third kappa shape index (κ3) is 4.58. The van der Waals surface area contributed by atoms with Gasteiger partial charge in [0.15, 0.2) is 0 Å². The highest BCUT2D eigenvalue weighted by atomic mass is 32.2. The molecule has 11 heteroatoms. The molecular weight excluding hydrogens is 464 g/mol. The van der Waals surface area contributed by atoms with Crippen molar-refractivity contribution in [2.75, 3.05) is 25.5 Å². The van der Waals surface area contributed by atoms with Crippen LogP contribution in [0.2, 0.25) is 0 Å². The Balaban J connectivity index is 1.55. The van der Waals surface area contributed by atoms with Gasteiger partial charge in [0.1, 0.15) is 9.90 Å². The zero-order valence-corrected chi connectivity index (χ0v) is 20.9. The van der Waals surface area contributed by atoms with Crippen LogP contribution >= 0.6 is 11.3 Å². The summed E-state index contributed by atoms with van der Waals surface area (Å²) in [6, 6.07) is 0. The fraction of sp³-hybridized carbons (Fsp3) is 0.591. The van der Waals surface area contributed by atoms with Gasteiger partial charge in [0.05, 0.1) is 30.5 Å². The smallest absolute Gasteiger partial charge is 0.341 e. The lowest BCUT2D eigenvalue weighted by Crippen LogP contribution is -2.43. The Labute approximate surface area is 198 Å². The summed E-state index contributed by atoms with van der Waals surface area (Å²) in [5, 5.41) is 7.51. The molecule has 33 heavy (non-hydrogen) atoms. The van der Waals surface area contributed by atoms with Crippen LogP contribution in [-0.2, 0) is 39.4 Å². The minimum Gasteiger partial charge on any atom is -0.465 e. The van der Waals surface area contributed by atoms with Crippen molar-refractivity contribution in [3.05, 3.63) is 27.9 Å². The highest BCUT2D eigenvalue weighted by Crippen LogP contribution is 2.38. The molecule has 0 radical (unpaired) electrons. The van der Waals surface area contributed by atoms with Crippen molar-refractivity contribution in [1.82, 2.24) is 14.1 Å². The summed E-state index contributed by atoms with van der Waals surface area (Å²) in [5.74, 6) is -1.21. The van der Waals surface area contributed by atoms with Crippen molar-refractivity contribution in [2.45, 2.75) is 56.8 Å². The first-order valence-electron chi connectivity index (χ1n) is 11.3. The summed E-state index contributed by atoms with van der Waals surface area (Å²) >= 11 is 1.44. The number of methoxy groups -OCH3 is 1. The molecule has 1 saturated heterocycles. The Kier molecular flexibility index (Phi) is 6.92. The van der Waals surface area contributed by atoms with E-state index < -0.39 is 21.9 Å². The fourth-order valence-corrected chi connectivity index (χ4v) is 7.60. The topological polar surface area (TPSA) is 111 Å². The van der Waals surface area contributed by atoms with Crippen LogP contribution in [0.4, 0.5) is 5.00 Å². The van der Waals surface area contributed by atoms with Crippen molar-refractivity contribution in [1.29, 1.82) is 0 Å². The Morgan fingerprint density at radius 2 is 1.97 bits per heavy atom. The van der Waals surface area contributed by atoms with E-state index >= 15 is 0 Å². The second kappa shape index (κ2) is 9.55. The van der Waals surface area contributed by atoms with Crippen molar-refractivity contribution < 1.29 is 22.7 Å². The summed E-state index contributed by atoms with van der Waals surface area (Å²) < 4.78 is 34.3. The normalized spacial score (nSPS) is 19.5. The van der Waals surface area contributed by atoms with Crippen LogP contribution in [0.3, 0.4) is 0 Å². The zero-order chi connectivity index (χ0) is 23.8. The minimum atomic E-state index is -3.74. The Hall–Kier alpha value is -2.24. The van der Waals surface area contributed by atoms with Gasteiger partial charge in [0.25, 0.3) is 0 Å². The molecule has 0 spiro atoms. The standard InChI is InChI=1S/C22H30N4O5S2/c1-14-18(12-23-25(14)2)33(29,30)26-11-7-8-15(13-26)20(27)24-21-19(22(28)31-3)16-9-5-4-6-10-17(16)32-21/h12,15H,4-11,13H2,1-3H3,(H,24,27)/t15-/m1/s1. The number of hydrogen-bond acceptors (Lipinski definition) is 7. The van der Waals surface area contributed by atoms with Gasteiger partial charge in [0.2, 0.25) is 15.9 Å². The van der Waals surface area contributed by atoms with Gasteiger partial charge in [-0.25, -0.2) is 13.2 Å². The van der Waals surface area contributed by atoms with E-state index in [1.165, 1.54) is 33.6 Å². The van der Waals surface area contributed by atoms with Crippen LogP contribution in [0.15, 0.2) is 11.1 Å². The lowest BCUT2D eigenvalue weighted by Gasteiger charge is -2.31. The monoisotopic (exact) mass is 494 g/mol. The number of nitrogens with one attached hydrogen (secondary N) is 1. The summed E-state index contributed by atoms with van der Waals surface area (Å²) in [5.41, 5.74) is 2.00. The number of thiophene rings is 1. The molecule has 2 aromatic heterocycles. The number of hydrogen-bond donors (Lipinski definition) is 1. The fourth-order valence-electron chi connectivity index (χ4n) is 4.61. The van der Waals surface area contributed by atoms with E-state index in [1.807, 2.05) is 0 Å². The van der Waals surface area contributed by atoms with Crippen molar-refractivity contribution in [2.24, 2.45) is 13.0 Å². The predicted molar refractivity (Wildman–Crippen MR) is 125 cm³/mol. The van der Waals surface area contributed by atoms with Crippen LogP contribution < -0.4 is 5.32 Å². The molecule has 0 bridgehead atoms. The second-order valence-electron chi connectivity index (χ2n) is 8.67. The lowest BCUT2D eigenvalue weighted by molar-refractivity contribution is -0.120. The van der Waals surface area contributed by atoms with E-state index in [2.05, 4.69) is 10.4 Å². The summed E-state index contributed by atoms with van der Waals surface area (Å²) in [7, 11) is -0.702. The van der Waals surface area contributed by atoms with Crippen LogP contribution in [-0.4, -0.2) is 54.6 Å². The number of esters is 1. The molecule has 1 amide bonds. The summed E-state index contributed by atoms with van der Waals surface area (Å²) in [4.78, 5) is 27.0. The van der Waals surface area contributed by atoms with E-state index in [9.17, 15) is 18.0 Å². The van der Waals surface area contributed by atoms with E-state index in [0.717, 1.165) is 42.5 Å². The third-order valence-corrected chi connectivity index (χ3v) is 9.79. The average Bonchev–Trinajstić information content (AvgIpc) is 3.22.